The molecule has 0 spiro atoms. The van der Waals surface area contributed by atoms with Gasteiger partial charge in [-0.2, -0.15) is 0 Å². The molecule has 0 heterocycles. The fraction of sp³-hybridized carbons (Fsp3) is 1.00. The number of hydrogen-bond acceptors (Lipinski definition) is 3. The first-order chi connectivity index (χ1) is 6.12. The van der Waals surface area contributed by atoms with Crippen LogP contribution in [0.4, 0.5) is 0 Å². The SMILES string of the molecule is CCOCCNCC(C)(C)CCO. The van der Waals surface area contributed by atoms with Crippen molar-refractivity contribution in [2.45, 2.75) is 27.2 Å². The second kappa shape index (κ2) is 7.30. The van der Waals surface area contributed by atoms with Gasteiger partial charge in [0.25, 0.3) is 0 Å². The lowest BCUT2D eigenvalue weighted by molar-refractivity contribution is 0.143. The van der Waals surface area contributed by atoms with Crippen LogP contribution in [-0.2, 0) is 4.74 Å². The van der Waals surface area contributed by atoms with Crippen LogP contribution in [-0.4, -0.2) is 38.0 Å². The number of aliphatic hydroxyl groups excluding tert-OH is 1. The van der Waals surface area contributed by atoms with Crippen LogP contribution in [0.25, 0.3) is 0 Å². The minimum Gasteiger partial charge on any atom is -0.396 e. The van der Waals surface area contributed by atoms with E-state index in [1.54, 1.807) is 0 Å². The molecule has 0 aliphatic rings. The Bertz CT molecular complexity index is 115. The van der Waals surface area contributed by atoms with Crippen LogP contribution in [0.15, 0.2) is 0 Å². The van der Waals surface area contributed by atoms with Gasteiger partial charge in [0, 0.05) is 26.3 Å². The third-order valence-corrected chi connectivity index (χ3v) is 2.02. The van der Waals surface area contributed by atoms with Gasteiger partial charge in [0.05, 0.1) is 6.61 Å². The summed E-state index contributed by atoms with van der Waals surface area (Å²) in [6.07, 6.45) is 0.842. The summed E-state index contributed by atoms with van der Waals surface area (Å²) in [5.74, 6) is 0. The predicted molar refractivity (Wildman–Crippen MR) is 54.8 cm³/mol. The fourth-order valence-electron chi connectivity index (χ4n) is 1.11. The van der Waals surface area contributed by atoms with Gasteiger partial charge in [0.1, 0.15) is 0 Å². The Kier molecular flexibility index (Phi) is 7.23. The molecule has 80 valence electrons. The van der Waals surface area contributed by atoms with Crippen molar-refractivity contribution < 1.29 is 9.84 Å². The first-order valence-corrected chi connectivity index (χ1v) is 5.01. The maximum absolute atomic E-state index is 8.79. The van der Waals surface area contributed by atoms with E-state index in [1.165, 1.54) is 0 Å². The van der Waals surface area contributed by atoms with Crippen molar-refractivity contribution in [2.24, 2.45) is 5.41 Å². The molecule has 3 nitrogen and oxygen atoms in total. The first-order valence-electron chi connectivity index (χ1n) is 5.01. The van der Waals surface area contributed by atoms with E-state index in [0.717, 1.165) is 32.7 Å². The zero-order chi connectivity index (χ0) is 10.2. The highest BCUT2D eigenvalue weighted by Crippen LogP contribution is 2.17. The van der Waals surface area contributed by atoms with Crippen molar-refractivity contribution in [2.75, 3.05) is 32.9 Å². The van der Waals surface area contributed by atoms with Crippen LogP contribution in [0.1, 0.15) is 27.2 Å². The minimum atomic E-state index is 0.182. The quantitative estimate of drug-likeness (QED) is 0.560. The van der Waals surface area contributed by atoms with E-state index in [1.807, 2.05) is 6.92 Å². The van der Waals surface area contributed by atoms with Crippen molar-refractivity contribution in [1.29, 1.82) is 0 Å². The smallest absolute Gasteiger partial charge is 0.0590 e. The maximum atomic E-state index is 8.79. The third-order valence-electron chi connectivity index (χ3n) is 2.02. The van der Waals surface area contributed by atoms with Gasteiger partial charge in [-0.05, 0) is 18.8 Å². The Morgan fingerprint density at radius 3 is 2.62 bits per heavy atom. The predicted octanol–water partition coefficient (Wildman–Crippen LogP) is 1.02. The molecule has 0 aromatic heterocycles. The van der Waals surface area contributed by atoms with E-state index in [4.69, 9.17) is 9.84 Å². The average Bonchev–Trinajstić information content (AvgIpc) is 2.04. The molecule has 3 heteroatoms. The summed E-state index contributed by atoms with van der Waals surface area (Å²) in [6.45, 7) is 9.93. The molecule has 0 fully saturated rings. The average molecular weight is 189 g/mol. The van der Waals surface area contributed by atoms with Crippen molar-refractivity contribution in [3.8, 4) is 0 Å². The van der Waals surface area contributed by atoms with Crippen LogP contribution >= 0.6 is 0 Å². The molecule has 0 rings (SSSR count). The van der Waals surface area contributed by atoms with Crippen molar-refractivity contribution >= 4 is 0 Å². The van der Waals surface area contributed by atoms with Gasteiger partial charge in [0.2, 0.25) is 0 Å². The largest absolute Gasteiger partial charge is 0.396 e. The van der Waals surface area contributed by atoms with Crippen LogP contribution in [0.2, 0.25) is 0 Å². The molecule has 0 aromatic carbocycles. The lowest BCUT2D eigenvalue weighted by Crippen LogP contribution is -2.32. The Balaban J connectivity index is 3.29. The molecule has 0 aliphatic heterocycles. The summed E-state index contributed by atoms with van der Waals surface area (Å²) in [5.41, 5.74) is 0.182. The molecule has 2 N–H and O–H groups in total. The van der Waals surface area contributed by atoms with E-state index >= 15 is 0 Å². The topological polar surface area (TPSA) is 41.5 Å². The zero-order valence-corrected chi connectivity index (χ0v) is 9.10. The molecule has 0 aromatic rings. The highest BCUT2D eigenvalue weighted by molar-refractivity contribution is 4.70. The summed E-state index contributed by atoms with van der Waals surface area (Å²) in [7, 11) is 0. The van der Waals surface area contributed by atoms with Crippen molar-refractivity contribution in [3.05, 3.63) is 0 Å². The molecule has 0 atom stereocenters. The summed E-state index contributed by atoms with van der Waals surface area (Å²) in [5, 5.41) is 12.1. The van der Waals surface area contributed by atoms with Gasteiger partial charge in [0.15, 0.2) is 0 Å². The molecule has 0 saturated heterocycles. The number of hydrogen-bond donors (Lipinski definition) is 2. The molecular formula is C10H23NO2. The number of ether oxygens (including phenoxy) is 1. The molecule has 0 amide bonds. The highest BCUT2D eigenvalue weighted by Gasteiger charge is 2.15. The molecule has 0 bridgehead atoms. The molecule has 0 unspecified atom stereocenters. The van der Waals surface area contributed by atoms with Gasteiger partial charge in [-0.1, -0.05) is 13.8 Å². The Labute approximate surface area is 81.5 Å². The summed E-state index contributed by atoms with van der Waals surface area (Å²) in [6, 6.07) is 0. The standard InChI is InChI=1S/C10H23NO2/c1-4-13-8-6-11-9-10(2,3)5-7-12/h11-12H,4-9H2,1-3H3. The van der Waals surface area contributed by atoms with E-state index in [0.29, 0.717) is 0 Å². The van der Waals surface area contributed by atoms with Crippen LogP contribution in [0.5, 0.6) is 0 Å². The fourth-order valence-corrected chi connectivity index (χ4v) is 1.11. The van der Waals surface area contributed by atoms with Crippen LogP contribution in [0.3, 0.4) is 0 Å². The van der Waals surface area contributed by atoms with Gasteiger partial charge in [-0.3, -0.25) is 0 Å². The normalized spacial score (nSPS) is 12.0. The Morgan fingerprint density at radius 1 is 1.38 bits per heavy atom. The number of rotatable bonds is 8. The van der Waals surface area contributed by atoms with E-state index in [2.05, 4.69) is 19.2 Å². The van der Waals surface area contributed by atoms with Crippen molar-refractivity contribution in [1.82, 2.24) is 5.32 Å². The van der Waals surface area contributed by atoms with Crippen LogP contribution < -0.4 is 5.32 Å². The lowest BCUT2D eigenvalue weighted by atomic mass is 9.90. The summed E-state index contributed by atoms with van der Waals surface area (Å²) < 4.78 is 5.20. The second-order valence-electron chi connectivity index (χ2n) is 4.01. The minimum absolute atomic E-state index is 0.182. The van der Waals surface area contributed by atoms with E-state index in [-0.39, 0.29) is 12.0 Å². The highest BCUT2D eigenvalue weighted by atomic mass is 16.5. The number of nitrogens with one attached hydrogen (secondary N) is 1. The molecule has 0 aliphatic carbocycles. The molecule has 0 saturated carbocycles. The summed E-state index contributed by atoms with van der Waals surface area (Å²) >= 11 is 0. The lowest BCUT2D eigenvalue weighted by Gasteiger charge is -2.23. The summed E-state index contributed by atoms with van der Waals surface area (Å²) in [4.78, 5) is 0. The first kappa shape index (κ1) is 12.9. The van der Waals surface area contributed by atoms with Gasteiger partial charge < -0.3 is 15.2 Å². The van der Waals surface area contributed by atoms with E-state index < -0.39 is 0 Å². The van der Waals surface area contributed by atoms with Crippen molar-refractivity contribution in [3.63, 3.8) is 0 Å². The Morgan fingerprint density at radius 2 is 2.08 bits per heavy atom. The third kappa shape index (κ3) is 8.22. The monoisotopic (exact) mass is 189 g/mol. The number of aliphatic hydroxyl groups is 1. The molecule has 13 heavy (non-hydrogen) atoms. The molecular weight excluding hydrogens is 166 g/mol. The van der Waals surface area contributed by atoms with Crippen LogP contribution in [0, 0.1) is 5.41 Å². The van der Waals surface area contributed by atoms with Gasteiger partial charge in [-0.25, -0.2) is 0 Å². The zero-order valence-electron chi connectivity index (χ0n) is 9.10. The van der Waals surface area contributed by atoms with E-state index in [9.17, 15) is 0 Å². The maximum Gasteiger partial charge on any atom is 0.0590 e. The Hall–Kier alpha value is -0.120. The van der Waals surface area contributed by atoms with Gasteiger partial charge in [-0.15, -0.1) is 0 Å². The molecule has 0 radical (unpaired) electrons. The second-order valence-corrected chi connectivity index (χ2v) is 4.01. The van der Waals surface area contributed by atoms with Gasteiger partial charge >= 0.3 is 0 Å².